The van der Waals surface area contributed by atoms with E-state index in [9.17, 15) is 0 Å². The minimum absolute atomic E-state index is 0.257. The van der Waals surface area contributed by atoms with Crippen LogP contribution in [-0.2, 0) is 12.8 Å². The molecule has 76 valence electrons. The first-order valence-corrected chi connectivity index (χ1v) is 6.49. The van der Waals surface area contributed by atoms with E-state index in [2.05, 4.69) is 21.3 Å². The number of hydrogen-bond acceptors (Lipinski definition) is 3. The van der Waals surface area contributed by atoms with Crippen molar-refractivity contribution in [2.45, 2.75) is 12.8 Å². The number of methoxy groups -OCH3 is 1. The molecule has 0 N–H and O–H groups in total. The summed E-state index contributed by atoms with van der Waals surface area (Å²) in [5.74, 6) is 0.929. The van der Waals surface area contributed by atoms with E-state index in [1.54, 1.807) is 7.11 Å². The zero-order valence-corrected chi connectivity index (χ0v) is 10.1. The summed E-state index contributed by atoms with van der Waals surface area (Å²) in [7, 11) is 1.70. The second-order valence-corrected chi connectivity index (χ2v) is 5.33. The SMILES string of the molecule is COc1ccc2c(c1)CCc1[se]nnc1-2. The van der Waals surface area contributed by atoms with Crippen LogP contribution in [0.4, 0.5) is 0 Å². The molecule has 0 bridgehead atoms. The molecule has 3 rings (SSSR count). The molecule has 1 aromatic heterocycles. The van der Waals surface area contributed by atoms with Crippen molar-refractivity contribution in [3.63, 3.8) is 0 Å². The Morgan fingerprint density at radius 3 is 3.13 bits per heavy atom. The molecule has 1 aromatic carbocycles. The van der Waals surface area contributed by atoms with Gasteiger partial charge in [-0.2, -0.15) is 0 Å². The van der Waals surface area contributed by atoms with Crippen LogP contribution in [0.2, 0.25) is 0 Å². The van der Waals surface area contributed by atoms with Crippen molar-refractivity contribution >= 4 is 14.7 Å². The maximum absolute atomic E-state index is 5.23. The number of rotatable bonds is 1. The number of aromatic nitrogens is 2. The molecule has 1 heterocycles. The van der Waals surface area contributed by atoms with Crippen LogP contribution in [0.5, 0.6) is 5.75 Å². The van der Waals surface area contributed by atoms with Gasteiger partial charge in [-0.15, -0.1) is 0 Å². The molecule has 1 aliphatic carbocycles. The zero-order valence-electron chi connectivity index (χ0n) is 8.36. The van der Waals surface area contributed by atoms with E-state index in [4.69, 9.17) is 4.74 Å². The monoisotopic (exact) mass is 266 g/mol. The molecule has 4 heteroatoms. The summed E-state index contributed by atoms with van der Waals surface area (Å²) in [4.78, 5) is 0. The van der Waals surface area contributed by atoms with Crippen molar-refractivity contribution in [1.82, 2.24) is 9.19 Å². The van der Waals surface area contributed by atoms with Crippen LogP contribution in [0, 0.1) is 0 Å². The number of benzene rings is 1. The summed E-state index contributed by atoms with van der Waals surface area (Å²) < 4.78 is 10.8. The quantitative estimate of drug-likeness (QED) is 0.729. The van der Waals surface area contributed by atoms with Crippen LogP contribution < -0.4 is 4.74 Å². The Morgan fingerprint density at radius 2 is 2.27 bits per heavy atom. The second-order valence-electron chi connectivity index (χ2n) is 3.57. The third kappa shape index (κ3) is 1.41. The van der Waals surface area contributed by atoms with Gasteiger partial charge in [0, 0.05) is 0 Å². The molecule has 0 saturated carbocycles. The molecule has 0 amide bonds. The Balaban J connectivity index is 2.18. The summed E-state index contributed by atoms with van der Waals surface area (Å²) in [6.07, 6.45) is 2.21. The molecule has 0 spiro atoms. The first-order chi connectivity index (χ1) is 7.38. The van der Waals surface area contributed by atoms with Crippen LogP contribution >= 0.6 is 0 Å². The zero-order chi connectivity index (χ0) is 10.3. The molecule has 0 unspecified atom stereocenters. The Kier molecular flexibility index (Phi) is 2.11. The van der Waals surface area contributed by atoms with Gasteiger partial charge < -0.3 is 0 Å². The van der Waals surface area contributed by atoms with Gasteiger partial charge in [0.05, 0.1) is 0 Å². The third-order valence-electron chi connectivity index (χ3n) is 2.74. The Labute approximate surface area is 94.1 Å². The average molecular weight is 265 g/mol. The number of fused-ring (bicyclic) bond motifs is 3. The number of nitrogens with zero attached hydrogens (tertiary/aromatic N) is 2. The van der Waals surface area contributed by atoms with Crippen LogP contribution in [0.1, 0.15) is 10.0 Å². The van der Waals surface area contributed by atoms with Gasteiger partial charge in [0.1, 0.15) is 0 Å². The summed E-state index contributed by atoms with van der Waals surface area (Å²) in [6.45, 7) is 0. The molecule has 0 aliphatic heterocycles. The topological polar surface area (TPSA) is 35.0 Å². The third-order valence-corrected chi connectivity index (χ3v) is 4.38. The van der Waals surface area contributed by atoms with Gasteiger partial charge in [0.2, 0.25) is 0 Å². The van der Waals surface area contributed by atoms with Crippen molar-refractivity contribution in [2.24, 2.45) is 0 Å². The van der Waals surface area contributed by atoms with Crippen molar-refractivity contribution < 1.29 is 4.74 Å². The number of hydrogen-bond donors (Lipinski definition) is 0. The predicted molar refractivity (Wildman–Crippen MR) is 58.4 cm³/mol. The van der Waals surface area contributed by atoms with E-state index >= 15 is 0 Å². The van der Waals surface area contributed by atoms with Crippen LogP contribution in [-0.4, -0.2) is 31.0 Å². The predicted octanol–water partition coefficient (Wildman–Crippen LogP) is 1.31. The van der Waals surface area contributed by atoms with Gasteiger partial charge in [0.25, 0.3) is 0 Å². The first kappa shape index (κ1) is 9.13. The Bertz CT molecular complexity index is 507. The van der Waals surface area contributed by atoms with Gasteiger partial charge in [-0.1, -0.05) is 0 Å². The molecule has 0 radical (unpaired) electrons. The number of aryl methyl sites for hydroxylation is 2. The summed E-state index contributed by atoms with van der Waals surface area (Å²) in [5.41, 5.74) is 3.71. The Hall–Kier alpha value is -1.12. The van der Waals surface area contributed by atoms with Gasteiger partial charge >= 0.3 is 93.8 Å². The fourth-order valence-electron chi connectivity index (χ4n) is 1.96. The summed E-state index contributed by atoms with van der Waals surface area (Å²) in [5, 5.41) is 4.25. The first-order valence-electron chi connectivity index (χ1n) is 4.87. The molecular weight excluding hydrogens is 255 g/mol. The standard InChI is InChI=1S/C11H10N2OSe/c1-14-8-3-4-9-7(6-8)2-5-10-11(9)12-13-15-10/h3-4,6H,2,5H2,1H3. The van der Waals surface area contributed by atoms with Crippen LogP contribution in [0.25, 0.3) is 11.3 Å². The van der Waals surface area contributed by atoms with Gasteiger partial charge in [-0.3, -0.25) is 0 Å². The number of ether oxygens (including phenoxy) is 1. The maximum atomic E-state index is 5.23. The Morgan fingerprint density at radius 1 is 1.33 bits per heavy atom. The summed E-state index contributed by atoms with van der Waals surface area (Å²) >= 11 is 0.257. The molecule has 15 heavy (non-hydrogen) atoms. The van der Waals surface area contributed by atoms with E-state index in [0.29, 0.717) is 0 Å². The van der Waals surface area contributed by atoms with Gasteiger partial charge in [-0.05, 0) is 0 Å². The second kappa shape index (κ2) is 3.47. The van der Waals surface area contributed by atoms with Crippen molar-refractivity contribution in [2.75, 3.05) is 7.11 Å². The molecule has 0 saturated heterocycles. The molecule has 2 aromatic rings. The van der Waals surface area contributed by atoms with Crippen LogP contribution in [0.15, 0.2) is 18.2 Å². The van der Waals surface area contributed by atoms with Crippen molar-refractivity contribution in [3.05, 3.63) is 28.2 Å². The average Bonchev–Trinajstić information content (AvgIpc) is 2.76. The van der Waals surface area contributed by atoms with Gasteiger partial charge in [0.15, 0.2) is 0 Å². The van der Waals surface area contributed by atoms with Crippen molar-refractivity contribution in [3.8, 4) is 17.0 Å². The molecule has 0 fully saturated rings. The van der Waals surface area contributed by atoms with Crippen molar-refractivity contribution in [1.29, 1.82) is 0 Å². The van der Waals surface area contributed by atoms with Gasteiger partial charge in [-0.25, -0.2) is 0 Å². The minimum atomic E-state index is 0.257. The molecule has 0 atom stereocenters. The van der Waals surface area contributed by atoms with E-state index in [1.807, 2.05) is 6.07 Å². The fourth-order valence-corrected chi connectivity index (χ4v) is 3.33. The van der Waals surface area contributed by atoms with E-state index in [-0.39, 0.29) is 14.7 Å². The van der Waals surface area contributed by atoms with E-state index < -0.39 is 0 Å². The van der Waals surface area contributed by atoms with Crippen LogP contribution in [0.3, 0.4) is 0 Å². The molecule has 1 aliphatic rings. The molecule has 3 nitrogen and oxygen atoms in total. The molecular formula is C11H10N2OSe. The van der Waals surface area contributed by atoms with E-state index in [1.165, 1.54) is 15.6 Å². The summed E-state index contributed by atoms with van der Waals surface area (Å²) in [6, 6.07) is 6.21. The fraction of sp³-hybridized carbons (Fsp3) is 0.273. The normalized spacial score (nSPS) is 13.1. The van der Waals surface area contributed by atoms with E-state index in [0.717, 1.165) is 24.3 Å².